The summed E-state index contributed by atoms with van der Waals surface area (Å²) in [5, 5.41) is 9.39. The van der Waals surface area contributed by atoms with E-state index in [9.17, 15) is 9.90 Å². The molecule has 1 N–H and O–H groups in total. The van der Waals surface area contributed by atoms with E-state index < -0.39 is 5.97 Å². The number of aromatic carboxylic acids is 1. The van der Waals surface area contributed by atoms with Gasteiger partial charge in [0.15, 0.2) is 0 Å². The molecule has 5 nitrogen and oxygen atoms in total. The third kappa shape index (κ3) is 4.31. The number of aromatic nitrogens is 1. The van der Waals surface area contributed by atoms with E-state index in [-0.39, 0.29) is 5.56 Å². The molecule has 3 heterocycles. The second-order valence-corrected chi connectivity index (χ2v) is 7.43. The molecule has 3 aromatic rings. The second kappa shape index (κ2) is 8.40. The highest BCUT2D eigenvalue weighted by Crippen LogP contribution is 2.28. The molecule has 144 valence electrons. The van der Waals surface area contributed by atoms with Gasteiger partial charge in [0, 0.05) is 24.5 Å². The first-order valence-corrected chi connectivity index (χ1v) is 9.71. The lowest BCUT2D eigenvalue weighted by Crippen LogP contribution is -2.35. The van der Waals surface area contributed by atoms with Gasteiger partial charge in [-0.05, 0) is 61.6 Å². The van der Waals surface area contributed by atoms with Crippen molar-refractivity contribution in [3.8, 4) is 11.3 Å². The van der Waals surface area contributed by atoms with Crippen LogP contribution in [0.4, 0.5) is 0 Å². The summed E-state index contributed by atoms with van der Waals surface area (Å²) in [5.74, 6) is 1.16. The van der Waals surface area contributed by atoms with E-state index in [1.165, 1.54) is 18.4 Å². The van der Waals surface area contributed by atoms with E-state index in [0.717, 1.165) is 31.8 Å². The minimum Gasteiger partial charge on any atom is -0.478 e. The molecule has 4 rings (SSSR count). The summed E-state index contributed by atoms with van der Waals surface area (Å²) in [6, 6.07) is 14.9. The Labute approximate surface area is 164 Å². The SMILES string of the molecule is O=C(O)c1ccccc1-c1ccc(CN2CCC[C@H](Cc3cccnc3)C2)o1. The maximum absolute atomic E-state index is 11.5. The van der Waals surface area contributed by atoms with Crippen LogP contribution in [0.15, 0.2) is 65.3 Å². The standard InChI is InChI=1S/C23H24N2O3/c26-23(27)21-8-2-1-7-20(21)22-10-9-19(28-22)16-25-12-4-6-18(15-25)13-17-5-3-11-24-14-17/h1-3,5,7-11,14,18H,4,6,12-13,15-16H2,(H,26,27)/t18-/m1/s1. The lowest BCUT2D eigenvalue weighted by Gasteiger charge is -2.32. The van der Waals surface area contributed by atoms with Crippen LogP contribution in [0.3, 0.4) is 0 Å². The number of hydrogen-bond acceptors (Lipinski definition) is 4. The maximum Gasteiger partial charge on any atom is 0.336 e. The molecular formula is C23H24N2O3. The zero-order chi connectivity index (χ0) is 19.3. The van der Waals surface area contributed by atoms with Crippen molar-refractivity contribution in [2.24, 2.45) is 5.92 Å². The molecule has 1 saturated heterocycles. The Morgan fingerprint density at radius 1 is 1.18 bits per heavy atom. The highest BCUT2D eigenvalue weighted by Gasteiger charge is 2.22. The van der Waals surface area contributed by atoms with Gasteiger partial charge in [-0.2, -0.15) is 0 Å². The largest absolute Gasteiger partial charge is 0.478 e. The van der Waals surface area contributed by atoms with Crippen molar-refractivity contribution in [3.05, 3.63) is 77.8 Å². The van der Waals surface area contributed by atoms with E-state index >= 15 is 0 Å². The van der Waals surface area contributed by atoms with Crippen LogP contribution in [-0.2, 0) is 13.0 Å². The number of benzene rings is 1. The fraction of sp³-hybridized carbons (Fsp3) is 0.304. The number of carboxylic acids is 1. The molecule has 1 aromatic carbocycles. The molecule has 1 aliphatic heterocycles. The predicted octanol–water partition coefficient (Wildman–Crippen LogP) is 4.49. The second-order valence-electron chi connectivity index (χ2n) is 7.43. The zero-order valence-corrected chi connectivity index (χ0v) is 15.8. The molecule has 0 saturated carbocycles. The number of carboxylic acid groups (broad SMARTS) is 1. The van der Waals surface area contributed by atoms with E-state index in [1.54, 1.807) is 18.2 Å². The van der Waals surface area contributed by atoms with Crippen LogP contribution in [0.5, 0.6) is 0 Å². The molecule has 1 atom stereocenters. The lowest BCUT2D eigenvalue weighted by molar-refractivity contribution is 0.0697. The van der Waals surface area contributed by atoms with Crippen LogP contribution < -0.4 is 0 Å². The summed E-state index contributed by atoms with van der Waals surface area (Å²) in [6.07, 6.45) is 7.24. The molecule has 0 radical (unpaired) electrons. The third-order valence-electron chi connectivity index (χ3n) is 5.31. The molecular weight excluding hydrogens is 352 g/mol. The molecule has 0 spiro atoms. The zero-order valence-electron chi connectivity index (χ0n) is 15.8. The number of carbonyl (C=O) groups is 1. The number of piperidine rings is 1. The van der Waals surface area contributed by atoms with Gasteiger partial charge in [-0.3, -0.25) is 9.88 Å². The van der Waals surface area contributed by atoms with Gasteiger partial charge in [-0.1, -0.05) is 24.3 Å². The predicted molar refractivity (Wildman–Crippen MR) is 107 cm³/mol. The summed E-state index contributed by atoms with van der Waals surface area (Å²) in [6.45, 7) is 2.85. The normalized spacial score (nSPS) is 17.5. The number of pyridine rings is 1. The Kier molecular flexibility index (Phi) is 5.53. The van der Waals surface area contributed by atoms with Gasteiger partial charge < -0.3 is 9.52 Å². The monoisotopic (exact) mass is 376 g/mol. The number of rotatable bonds is 6. The lowest BCUT2D eigenvalue weighted by atomic mass is 9.92. The number of furan rings is 1. The van der Waals surface area contributed by atoms with Crippen molar-refractivity contribution in [2.45, 2.75) is 25.8 Å². The van der Waals surface area contributed by atoms with Crippen molar-refractivity contribution in [2.75, 3.05) is 13.1 Å². The van der Waals surface area contributed by atoms with Gasteiger partial charge in [0.05, 0.1) is 12.1 Å². The van der Waals surface area contributed by atoms with Gasteiger partial charge in [-0.15, -0.1) is 0 Å². The molecule has 5 heteroatoms. The Hall–Kier alpha value is -2.92. The molecule has 0 amide bonds. The average Bonchev–Trinajstić information content (AvgIpc) is 3.17. The van der Waals surface area contributed by atoms with Crippen LogP contribution in [-0.4, -0.2) is 34.0 Å². The van der Waals surface area contributed by atoms with Gasteiger partial charge in [0.2, 0.25) is 0 Å². The van der Waals surface area contributed by atoms with E-state index in [0.29, 0.717) is 17.2 Å². The quantitative estimate of drug-likeness (QED) is 0.686. The average molecular weight is 376 g/mol. The van der Waals surface area contributed by atoms with Crippen molar-refractivity contribution in [1.82, 2.24) is 9.88 Å². The Morgan fingerprint density at radius 3 is 2.89 bits per heavy atom. The number of hydrogen-bond donors (Lipinski definition) is 1. The molecule has 0 bridgehead atoms. The molecule has 0 unspecified atom stereocenters. The molecule has 1 fully saturated rings. The van der Waals surface area contributed by atoms with Crippen LogP contribution in [0.1, 0.15) is 34.5 Å². The summed E-state index contributed by atoms with van der Waals surface area (Å²) in [5.41, 5.74) is 2.17. The van der Waals surface area contributed by atoms with E-state index in [2.05, 4.69) is 16.0 Å². The first kappa shape index (κ1) is 18.4. The molecule has 2 aromatic heterocycles. The van der Waals surface area contributed by atoms with Gasteiger partial charge in [0.1, 0.15) is 11.5 Å². The van der Waals surface area contributed by atoms with E-state index in [4.69, 9.17) is 4.42 Å². The van der Waals surface area contributed by atoms with E-state index in [1.807, 2.05) is 36.7 Å². The Morgan fingerprint density at radius 2 is 2.07 bits per heavy atom. The number of likely N-dealkylation sites (tertiary alicyclic amines) is 1. The summed E-state index contributed by atoms with van der Waals surface area (Å²) in [7, 11) is 0. The third-order valence-corrected chi connectivity index (χ3v) is 5.31. The van der Waals surface area contributed by atoms with Gasteiger partial charge in [0.25, 0.3) is 0 Å². The van der Waals surface area contributed by atoms with Crippen molar-refractivity contribution in [1.29, 1.82) is 0 Å². The summed E-state index contributed by atoms with van der Waals surface area (Å²) < 4.78 is 6.00. The highest BCUT2D eigenvalue weighted by atomic mass is 16.4. The van der Waals surface area contributed by atoms with Crippen molar-refractivity contribution < 1.29 is 14.3 Å². The van der Waals surface area contributed by atoms with Crippen molar-refractivity contribution in [3.63, 3.8) is 0 Å². The molecule has 28 heavy (non-hydrogen) atoms. The van der Waals surface area contributed by atoms with Crippen LogP contribution in [0.2, 0.25) is 0 Å². The topological polar surface area (TPSA) is 66.6 Å². The Balaban J connectivity index is 1.42. The fourth-order valence-electron chi connectivity index (χ4n) is 4.03. The Bertz CT molecular complexity index is 936. The van der Waals surface area contributed by atoms with Crippen molar-refractivity contribution >= 4 is 5.97 Å². The maximum atomic E-state index is 11.5. The minimum absolute atomic E-state index is 0.262. The van der Waals surface area contributed by atoms with Crippen LogP contribution >= 0.6 is 0 Å². The summed E-state index contributed by atoms with van der Waals surface area (Å²) >= 11 is 0. The van der Waals surface area contributed by atoms with Gasteiger partial charge in [-0.25, -0.2) is 4.79 Å². The summed E-state index contributed by atoms with van der Waals surface area (Å²) in [4.78, 5) is 18.1. The van der Waals surface area contributed by atoms with Crippen LogP contribution in [0.25, 0.3) is 11.3 Å². The minimum atomic E-state index is -0.942. The first-order valence-electron chi connectivity index (χ1n) is 9.71. The van der Waals surface area contributed by atoms with Crippen LogP contribution in [0, 0.1) is 5.92 Å². The highest BCUT2D eigenvalue weighted by molar-refractivity contribution is 5.95. The fourth-order valence-corrected chi connectivity index (χ4v) is 4.03. The number of nitrogens with zero attached hydrogens (tertiary/aromatic N) is 2. The van der Waals surface area contributed by atoms with Gasteiger partial charge >= 0.3 is 5.97 Å². The molecule has 0 aliphatic carbocycles. The first-order chi connectivity index (χ1) is 13.7. The smallest absolute Gasteiger partial charge is 0.336 e. The molecule has 1 aliphatic rings.